The van der Waals surface area contributed by atoms with E-state index in [0.717, 1.165) is 4.90 Å². The molecule has 0 aliphatic rings. The first-order chi connectivity index (χ1) is 7.79. The molecule has 0 heterocycles. The van der Waals surface area contributed by atoms with Crippen molar-refractivity contribution in [3.8, 4) is 0 Å². The van der Waals surface area contributed by atoms with E-state index >= 15 is 0 Å². The third-order valence-corrected chi connectivity index (χ3v) is 4.02. The molecule has 0 amide bonds. The van der Waals surface area contributed by atoms with Crippen LogP contribution in [0.1, 0.15) is 12.8 Å². The topological polar surface area (TPSA) is 37.3 Å². The zero-order valence-electron chi connectivity index (χ0n) is 9.13. The van der Waals surface area contributed by atoms with Crippen molar-refractivity contribution in [1.82, 2.24) is 0 Å². The molecule has 86 valence electrons. The summed E-state index contributed by atoms with van der Waals surface area (Å²) < 4.78 is 12.2. The lowest BCUT2D eigenvalue weighted by Crippen LogP contribution is -2.16. The second-order valence-corrected chi connectivity index (χ2v) is 5.12. The predicted molar refractivity (Wildman–Crippen MR) is 66.7 cm³/mol. The molecule has 1 aromatic carbocycles. The number of allylic oxidation sites excluding steroid dienone is 1. The van der Waals surface area contributed by atoms with E-state index in [1.807, 2.05) is 30.3 Å². The smallest absolute Gasteiger partial charge is 0.0565 e. The number of hydrogen-bond donors (Lipinski definition) is 1. The van der Waals surface area contributed by atoms with Gasteiger partial charge in [0.2, 0.25) is 0 Å². The Morgan fingerprint density at radius 2 is 2.12 bits per heavy atom. The Balaban J connectivity index is 2.78. The Labute approximate surface area is 98.8 Å². The average molecular weight is 236 g/mol. The first-order valence-corrected chi connectivity index (χ1v) is 6.41. The maximum atomic E-state index is 12.2. The van der Waals surface area contributed by atoms with Gasteiger partial charge < -0.3 is 5.11 Å². The first kappa shape index (κ1) is 12.9. The maximum absolute atomic E-state index is 12.2. The molecule has 0 radical (unpaired) electrons. The molecule has 0 fully saturated rings. The van der Waals surface area contributed by atoms with Crippen molar-refractivity contribution < 1.29 is 9.32 Å². The second-order valence-electron chi connectivity index (χ2n) is 3.39. The second kappa shape index (κ2) is 7.18. The molecule has 0 aromatic heterocycles. The molecule has 0 saturated carbocycles. The van der Waals surface area contributed by atoms with Crippen LogP contribution in [0.2, 0.25) is 0 Å². The van der Waals surface area contributed by atoms with E-state index in [1.54, 1.807) is 6.08 Å². The molecule has 0 bridgehead atoms. The van der Waals surface area contributed by atoms with Gasteiger partial charge in [0, 0.05) is 16.8 Å². The van der Waals surface area contributed by atoms with Gasteiger partial charge >= 0.3 is 0 Å². The third kappa shape index (κ3) is 3.78. The van der Waals surface area contributed by atoms with Crippen molar-refractivity contribution in [3.05, 3.63) is 48.7 Å². The van der Waals surface area contributed by atoms with Gasteiger partial charge in [0.05, 0.1) is 10.8 Å². The monoisotopic (exact) mass is 236 g/mol. The van der Waals surface area contributed by atoms with Crippen molar-refractivity contribution in [2.24, 2.45) is 0 Å². The highest BCUT2D eigenvalue weighted by Crippen LogP contribution is 2.16. The van der Waals surface area contributed by atoms with Crippen molar-refractivity contribution in [3.63, 3.8) is 0 Å². The molecule has 0 spiro atoms. The van der Waals surface area contributed by atoms with Gasteiger partial charge in [-0.25, -0.2) is 0 Å². The lowest BCUT2D eigenvalue weighted by molar-refractivity contribution is 0.286. The van der Waals surface area contributed by atoms with Crippen molar-refractivity contribution >= 4 is 10.8 Å². The summed E-state index contributed by atoms with van der Waals surface area (Å²) in [7, 11) is -1.08. The lowest BCUT2D eigenvalue weighted by atomic mass is 10.2. The molecule has 2 atom stereocenters. The Hall–Kier alpha value is -1.15. The van der Waals surface area contributed by atoms with E-state index < -0.39 is 10.8 Å². The quantitative estimate of drug-likeness (QED) is 0.769. The molecular weight excluding hydrogens is 220 g/mol. The van der Waals surface area contributed by atoms with Gasteiger partial charge in [-0.05, 0) is 31.1 Å². The minimum atomic E-state index is -1.08. The number of hydrogen-bond acceptors (Lipinski definition) is 2. The molecule has 16 heavy (non-hydrogen) atoms. The van der Waals surface area contributed by atoms with Crippen molar-refractivity contribution in [2.45, 2.75) is 23.0 Å². The van der Waals surface area contributed by atoms with Gasteiger partial charge in [0.1, 0.15) is 0 Å². The molecule has 3 heteroatoms. The summed E-state index contributed by atoms with van der Waals surface area (Å²) in [5.74, 6) is 0. The van der Waals surface area contributed by atoms with Crippen molar-refractivity contribution in [1.29, 1.82) is 0 Å². The molecule has 0 aliphatic heterocycles. The van der Waals surface area contributed by atoms with Crippen LogP contribution in [0.25, 0.3) is 0 Å². The van der Waals surface area contributed by atoms with E-state index in [-0.39, 0.29) is 11.9 Å². The van der Waals surface area contributed by atoms with E-state index in [4.69, 9.17) is 5.11 Å². The SMILES string of the molecule is C=C=CCC(CCO)S(=O)c1ccccc1. The van der Waals surface area contributed by atoms with E-state index in [2.05, 4.69) is 12.3 Å². The van der Waals surface area contributed by atoms with Gasteiger partial charge in [0.25, 0.3) is 0 Å². The average Bonchev–Trinajstić information content (AvgIpc) is 2.35. The van der Waals surface area contributed by atoms with Crippen molar-refractivity contribution in [2.75, 3.05) is 6.61 Å². The molecule has 1 aromatic rings. The normalized spacial score (nSPS) is 13.8. The molecule has 1 N–H and O–H groups in total. The number of benzene rings is 1. The molecular formula is C13H16O2S. The number of aliphatic hydroxyl groups excluding tert-OH is 1. The standard InChI is InChI=1S/C13H16O2S/c1-2-3-7-13(10-11-14)16(15)12-8-5-4-6-9-12/h3-6,8-9,13-14H,1,7,10-11H2. The van der Waals surface area contributed by atoms with Gasteiger partial charge in [-0.3, -0.25) is 4.21 Å². The summed E-state index contributed by atoms with van der Waals surface area (Å²) in [5.41, 5.74) is 2.67. The van der Waals surface area contributed by atoms with Gasteiger partial charge in [-0.2, -0.15) is 0 Å². The third-order valence-electron chi connectivity index (χ3n) is 2.25. The Morgan fingerprint density at radius 3 is 2.69 bits per heavy atom. The van der Waals surface area contributed by atoms with Crippen LogP contribution < -0.4 is 0 Å². The largest absolute Gasteiger partial charge is 0.396 e. The number of rotatable bonds is 6. The van der Waals surface area contributed by atoms with Gasteiger partial charge in [-0.15, -0.1) is 5.73 Å². The van der Waals surface area contributed by atoms with Crippen LogP contribution in [0.15, 0.2) is 53.6 Å². The van der Waals surface area contributed by atoms with Crippen LogP contribution in [0.3, 0.4) is 0 Å². The van der Waals surface area contributed by atoms with Gasteiger partial charge in [0.15, 0.2) is 0 Å². The minimum absolute atomic E-state index is 0.0498. The molecule has 1 rings (SSSR count). The van der Waals surface area contributed by atoms with Gasteiger partial charge in [-0.1, -0.05) is 24.8 Å². The molecule has 0 aliphatic carbocycles. The summed E-state index contributed by atoms with van der Waals surface area (Å²) in [4.78, 5) is 0.804. The summed E-state index contributed by atoms with van der Waals surface area (Å²) in [6, 6.07) is 9.32. The first-order valence-electron chi connectivity index (χ1n) is 5.20. The molecule has 0 saturated heterocycles. The Kier molecular flexibility index (Phi) is 5.79. The van der Waals surface area contributed by atoms with E-state index in [0.29, 0.717) is 12.8 Å². The maximum Gasteiger partial charge on any atom is 0.0565 e. The fourth-order valence-electron chi connectivity index (χ4n) is 1.42. The highest BCUT2D eigenvalue weighted by molar-refractivity contribution is 7.85. The Morgan fingerprint density at radius 1 is 1.44 bits per heavy atom. The predicted octanol–water partition coefficient (Wildman–Crippen LogP) is 2.28. The van der Waals surface area contributed by atoms with E-state index in [9.17, 15) is 4.21 Å². The van der Waals surface area contributed by atoms with Crippen LogP contribution in [0.4, 0.5) is 0 Å². The van der Waals surface area contributed by atoms with Crippen LogP contribution >= 0.6 is 0 Å². The summed E-state index contributed by atoms with van der Waals surface area (Å²) in [6.07, 6.45) is 2.92. The fraction of sp³-hybridized carbons (Fsp3) is 0.308. The molecule has 2 nitrogen and oxygen atoms in total. The highest BCUT2D eigenvalue weighted by atomic mass is 32.2. The summed E-state index contributed by atoms with van der Waals surface area (Å²) >= 11 is 0. The zero-order valence-corrected chi connectivity index (χ0v) is 9.95. The lowest BCUT2D eigenvalue weighted by Gasteiger charge is -2.13. The van der Waals surface area contributed by atoms with E-state index in [1.165, 1.54) is 0 Å². The molecule has 2 unspecified atom stereocenters. The fourth-order valence-corrected chi connectivity index (χ4v) is 2.82. The number of aliphatic hydroxyl groups is 1. The summed E-state index contributed by atoms with van der Waals surface area (Å²) in [5, 5.41) is 8.88. The Bertz CT molecular complexity index is 380. The van der Waals surface area contributed by atoms with Crippen LogP contribution in [-0.4, -0.2) is 21.2 Å². The van der Waals surface area contributed by atoms with Crippen LogP contribution in [0.5, 0.6) is 0 Å². The van der Waals surface area contributed by atoms with Crippen LogP contribution in [-0.2, 0) is 10.8 Å². The van der Waals surface area contributed by atoms with Crippen LogP contribution in [0, 0.1) is 0 Å². The summed E-state index contributed by atoms with van der Waals surface area (Å²) in [6.45, 7) is 3.53. The highest BCUT2D eigenvalue weighted by Gasteiger charge is 2.16. The zero-order chi connectivity index (χ0) is 11.8. The minimum Gasteiger partial charge on any atom is -0.396 e.